The fourth-order valence-corrected chi connectivity index (χ4v) is 3.10. The summed E-state index contributed by atoms with van der Waals surface area (Å²) >= 11 is 0. The Kier molecular flexibility index (Phi) is 5.45. The maximum absolute atomic E-state index is 12.7. The quantitative estimate of drug-likeness (QED) is 0.776. The number of hydrogen-bond acceptors (Lipinski definition) is 3. The first kappa shape index (κ1) is 16.1. The van der Waals surface area contributed by atoms with Gasteiger partial charge in [-0.3, -0.25) is 4.79 Å². The molecule has 1 N–H and O–H groups in total. The van der Waals surface area contributed by atoms with Gasteiger partial charge >= 0.3 is 12.0 Å². The van der Waals surface area contributed by atoms with Crippen LogP contribution in [0, 0.1) is 11.8 Å². The topological polar surface area (TPSA) is 70.1 Å². The maximum Gasteiger partial charge on any atom is 0.320 e. The summed E-state index contributed by atoms with van der Waals surface area (Å²) in [6.45, 7) is 4.47. The summed E-state index contributed by atoms with van der Waals surface area (Å²) in [7, 11) is 1.64. The number of hydrogen-bond donors (Lipinski definition) is 1. The fourth-order valence-electron chi connectivity index (χ4n) is 3.10. The highest BCUT2D eigenvalue weighted by molar-refractivity contribution is 5.75. The molecule has 1 saturated heterocycles. The lowest BCUT2D eigenvalue weighted by Gasteiger charge is -2.33. The smallest absolute Gasteiger partial charge is 0.320 e. The van der Waals surface area contributed by atoms with Gasteiger partial charge in [-0.2, -0.15) is 0 Å². The van der Waals surface area contributed by atoms with Gasteiger partial charge in [0, 0.05) is 39.2 Å². The summed E-state index contributed by atoms with van der Waals surface area (Å²) < 4.78 is 5.12. The van der Waals surface area contributed by atoms with Crippen molar-refractivity contribution in [3.05, 3.63) is 0 Å². The normalized spacial score (nSPS) is 23.1. The van der Waals surface area contributed by atoms with Gasteiger partial charge in [0.15, 0.2) is 0 Å². The van der Waals surface area contributed by atoms with Crippen molar-refractivity contribution in [2.75, 3.05) is 33.4 Å². The number of carbonyl (C=O) groups is 2. The molecule has 1 aliphatic heterocycles. The molecule has 0 bridgehead atoms. The van der Waals surface area contributed by atoms with E-state index in [0.29, 0.717) is 32.2 Å². The number of rotatable bonds is 7. The van der Waals surface area contributed by atoms with E-state index in [1.54, 1.807) is 7.11 Å². The van der Waals surface area contributed by atoms with Crippen LogP contribution in [-0.2, 0) is 9.53 Å². The first-order valence-electron chi connectivity index (χ1n) is 7.79. The molecule has 6 nitrogen and oxygen atoms in total. The number of methoxy groups -OCH3 is 1. The van der Waals surface area contributed by atoms with Crippen LogP contribution in [0.25, 0.3) is 0 Å². The van der Waals surface area contributed by atoms with Gasteiger partial charge in [-0.1, -0.05) is 0 Å². The van der Waals surface area contributed by atoms with Gasteiger partial charge < -0.3 is 19.6 Å². The van der Waals surface area contributed by atoms with Gasteiger partial charge in [0.25, 0.3) is 0 Å². The lowest BCUT2D eigenvalue weighted by atomic mass is 10.1. The molecule has 0 aromatic heterocycles. The van der Waals surface area contributed by atoms with Crippen LogP contribution in [0.3, 0.4) is 0 Å². The zero-order valence-corrected chi connectivity index (χ0v) is 13.0. The molecule has 0 spiro atoms. The Balaban J connectivity index is 1.92. The molecule has 6 heteroatoms. The molecule has 2 aliphatic rings. The van der Waals surface area contributed by atoms with E-state index in [2.05, 4.69) is 6.92 Å². The van der Waals surface area contributed by atoms with E-state index in [4.69, 9.17) is 9.84 Å². The van der Waals surface area contributed by atoms with E-state index in [0.717, 1.165) is 6.42 Å². The van der Waals surface area contributed by atoms with Gasteiger partial charge in [-0.25, -0.2) is 4.79 Å². The third kappa shape index (κ3) is 4.33. The zero-order chi connectivity index (χ0) is 15.4. The molecule has 0 aromatic rings. The van der Waals surface area contributed by atoms with Crippen molar-refractivity contribution in [2.45, 2.75) is 38.6 Å². The van der Waals surface area contributed by atoms with Gasteiger partial charge in [-0.15, -0.1) is 0 Å². The van der Waals surface area contributed by atoms with E-state index in [-0.39, 0.29) is 24.4 Å². The Morgan fingerprint density at radius 2 is 2.10 bits per heavy atom. The Morgan fingerprint density at radius 1 is 1.38 bits per heavy atom. The van der Waals surface area contributed by atoms with Crippen molar-refractivity contribution in [3.8, 4) is 0 Å². The number of likely N-dealkylation sites (tertiary alicyclic amines) is 1. The van der Waals surface area contributed by atoms with Crippen LogP contribution in [0.5, 0.6) is 0 Å². The van der Waals surface area contributed by atoms with Crippen molar-refractivity contribution < 1.29 is 19.4 Å². The maximum atomic E-state index is 12.7. The fraction of sp³-hybridized carbons (Fsp3) is 0.867. The van der Waals surface area contributed by atoms with E-state index in [1.807, 2.05) is 9.80 Å². The summed E-state index contributed by atoms with van der Waals surface area (Å²) in [6.07, 6.45) is 3.33. The van der Waals surface area contributed by atoms with Crippen molar-refractivity contribution in [2.24, 2.45) is 11.8 Å². The summed E-state index contributed by atoms with van der Waals surface area (Å²) in [5.74, 6) is -0.0768. The number of urea groups is 1. The van der Waals surface area contributed by atoms with Gasteiger partial charge in [0.05, 0.1) is 6.61 Å². The second kappa shape index (κ2) is 7.11. The Bertz CT molecular complexity index is 384. The lowest BCUT2D eigenvalue weighted by molar-refractivity contribution is -0.138. The molecular formula is C15H26N2O4. The number of ether oxygens (including phenoxy) is 1. The van der Waals surface area contributed by atoms with Crippen LogP contribution in [-0.4, -0.2) is 66.3 Å². The molecule has 1 aliphatic carbocycles. The largest absolute Gasteiger partial charge is 0.481 e. The van der Waals surface area contributed by atoms with Crippen LogP contribution in [0.1, 0.15) is 32.6 Å². The highest BCUT2D eigenvalue weighted by atomic mass is 16.5. The zero-order valence-electron chi connectivity index (χ0n) is 13.0. The summed E-state index contributed by atoms with van der Waals surface area (Å²) in [5.41, 5.74) is 0. The van der Waals surface area contributed by atoms with Crippen molar-refractivity contribution in [3.63, 3.8) is 0 Å². The van der Waals surface area contributed by atoms with Crippen LogP contribution in [0.2, 0.25) is 0 Å². The number of nitrogens with zero attached hydrogens (tertiary/aromatic N) is 2. The average Bonchev–Trinajstić information content (AvgIpc) is 3.19. The molecule has 1 heterocycles. The van der Waals surface area contributed by atoms with Crippen LogP contribution in [0.15, 0.2) is 0 Å². The second-order valence-electron chi connectivity index (χ2n) is 6.25. The van der Waals surface area contributed by atoms with Crippen molar-refractivity contribution >= 4 is 12.0 Å². The third-order valence-electron chi connectivity index (χ3n) is 4.60. The molecule has 2 unspecified atom stereocenters. The van der Waals surface area contributed by atoms with Crippen molar-refractivity contribution in [1.82, 2.24) is 9.80 Å². The number of amides is 2. The SMILES string of the molecule is COCCN(C(=O)N1CCC(CC(=O)O)C1)C(C)C1CC1. The lowest BCUT2D eigenvalue weighted by Crippen LogP contribution is -2.48. The minimum Gasteiger partial charge on any atom is -0.481 e. The molecule has 120 valence electrons. The van der Waals surface area contributed by atoms with E-state index in [9.17, 15) is 9.59 Å². The first-order valence-corrected chi connectivity index (χ1v) is 7.79. The molecule has 1 saturated carbocycles. The van der Waals surface area contributed by atoms with E-state index in [1.165, 1.54) is 12.8 Å². The van der Waals surface area contributed by atoms with Crippen LogP contribution >= 0.6 is 0 Å². The standard InChI is InChI=1S/C15H26N2O4/c1-11(13-3-4-13)17(7-8-21-2)15(20)16-6-5-12(10-16)9-14(18)19/h11-13H,3-10H2,1-2H3,(H,18,19). The Hall–Kier alpha value is -1.30. The Morgan fingerprint density at radius 3 is 2.67 bits per heavy atom. The molecule has 0 aromatic carbocycles. The molecular weight excluding hydrogens is 272 g/mol. The highest BCUT2D eigenvalue weighted by Crippen LogP contribution is 2.35. The molecule has 2 amide bonds. The number of carbonyl (C=O) groups excluding carboxylic acids is 1. The first-order chi connectivity index (χ1) is 10.0. The van der Waals surface area contributed by atoms with Crippen molar-refractivity contribution in [1.29, 1.82) is 0 Å². The summed E-state index contributed by atoms with van der Waals surface area (Å²) in [6, 6.07) is 0.283. The van der Waals surface area contributed by atoms with Gasteiger partial charge in [-0.05, 0) is 38.0 Å². The second-order valence-corrected chi connectivity index (χ2v) is 6.25. The summed E-state index contributed by atoms with van der Waals surface area (Å²) in [5, 5.41) is 8.86. The number of aliphatic carboxylic acids is 1. The van der Waals surface area contributed by atoms with Crippen LogP contribution < -0.4 is 0 Å². The number of carboxylic acid groups (broad SMARTS) is 1. The monoisotopic (exact) mass is 298 g/mol. The van der Waals surface area contributed by atoms with Gasteiger partial charge in [0.2, 0.25) is 0 Å². The Labute approximate surface area is 126 Å². The van der Waals surface area contributed by atoms with Crippen LogP contribution in [0.4, 0.5) is 4.79 Å². The minimum absolute atomic E-state index is 0.0411. The number of carboxylic acids is 1. The molecule has 0 radical (unpaired) electrons. The highest BCUT2D eigenvalue weighted by Gasteiger charge is 2.37. The third-order valence-corrected chi connectivity index (χ3v) is 4.60. The predicted molar refractivity (Wildman–Crippen MR) is 78.1 cm³/mol. The summed E-state index contributed by atoms with van der Waals surface area (Å²) in [4.78, 5) is 27.2. The minimum atomic E-state index is -0.781. The molecule has 21 heavy (non-hydrogen) atoms. The van der Waals surface area contributed by atoms with E-state index < -0.39 is 5.97 Å². The van der Waals surface area contributed by atoms with E-state index >= 15 is 0 Å². The molecule has 2 atom stereocenters. The average molecular weight is 298 g/mol. The molecule has 2 fully saturated rings. The molecule has 2 rings (SSSR count). The van der Waals surface area contributed by atoms with Gasteiger partial charge in [0.1, 0.15) is 0 Å². The predicted octanol–water partition coefficient (Wildman–Crippen LogP) is 1.65.